The minimum Gasteiger partial charge on any atom is -0.462 e. The zero-order chi connectivity index (χ0) is 15.6. The summed E-state index contributed by atoms with van der Waals surface area (Å²) >= 11 is 0. The molecule has 0 aliphatic carbocycles. The molecule has 0 saturated heterocycles. The van der Waals surface area contributed by atoms with Gasteiger partial charge in [0.05, 0.1) is 0 Å². The third kappa shape index (κ3) is 6.55. The van der Waals surface area contributed by atoms with Crippen molar-refractivity contribution in [1.29, 1.82) is 0 Å². The highest BCUT2D eigenvalue weighted by atomic mass is 16.5. The normalized spacial score (nSPS) is 13.2. The average molecular weight is 282 g/mol. The Morgan fingerprint density at radius 2 is 1.80 bits per heavy atom. The van der Waals surface area contributed by atoms with E-state index < -0.39 is 11.9 Å². The lowest BCUT2D eigenvalue weighted by molar-refractivity contribution is -0.149. The predicted octanol–water partition coefficient (Wildman–Crippen LogP) is 3.42. The van der Waals surface area contributed by atoms with Crippen LogP contribution in [-0.4, -0.2) is 25.2 Å². The maximum absolute atomic E-state index is 11.5. The molecule has 0 amide bonds. The first-order valence-electron chi connectivity index (χ1n) is 7.02. The molecule has 1 unspecified atom stereocenters. The average Bonchev–Trinajstić information content (AvgIpc) is 2.46. The lowest BCUT2D eigenvalue weighted by Crippen LogP contribution is -2.34. The topological polar surface area (TPSA) is 52.6 Å². The highest BCUT2D eigenvalue weighted by molar-refractivity contribution is 5.86. The van der Waals surface area contributed by atoms with Crippen LogP contribution in [0.3, 0.4) is 0 Å². The predicted molar refractivity (Wildman–Crippen MR) is 79.2 cm³/mol. The first-order chi connectivity index (χ1) is 9.40. The highest BCUT2D eigenvalue weighted by Crippen LogP contribution is 2.30. The van der Waals surface area contributed by atoms with Gasteiger partial charge in [-0.25, -0.2) is 9.59 Å². The summed E-state index contributed by atoms with van der Waals surface area (Å²) in [5.74, 6) is -0.861. The van der Waals surface area contributed by atoms with Crippen LogP contribution in [0.5, 0.6) is 0 Å². The van der Waals surface area contributed by atoms with E-state index in [2.05, 4.69) is 20.1 Å². The maximum Gasteiger partial charge on any atom is 0.333 e. The van der Waals surface area contributed by atoms with Gasteiger partial charge in [-0.1, -0.05) is 39.8 Å². The van der Waals surface area contributed by atoms with Gasteiger partial charge >= 0.3 is 11.9 Å². The van der Waals surface area contributed by atoms with Crippen LogP contribution in [0.4, 0.5) is 0 Å². The van der Waals surface area contributed by atoms with E-state index in [4.69, 9.17) is 9.47 Å². The van der Waals surface area contributed by atoms with Crippen LogP contribution in [0.2, 0.25) is 0 Å². The van der Waals surface area contributed by atoms with Gasteiger partial charge in [-0.2, -0.15) is 0 Å². The SMILES string of the molecule is C=CC(=O)OCC(CC)(CCCC)COC(=O)C(=C)C. The van der Waals surface area contributed by atoms with Crippen molar-refractivity contribution in [2.24, 2.45) is 5.41 Å². The lowest BCUT2D eigenvalue weighted by Gasteiger charge is -2.31. The van der Waals surface area contributed by atoms with E-state index in [0.29, 0.717) is 5.57 Å². The summed E-state index contributed by atoms with van der Waals surface area (Å²) < 4.78 is 10.4. The minimum atomic E-state index is -0.453. The van der Waals surface area contributed by atoms with E-state index in [1.165, 1.54) is 0 Å². The Morgan fingerprint density at radius 3 is 2.25 bits per heavy atom. The standard InChI is InChI=1S/C16H26O4/c1-6-9-10-16(8-3,11-19-14(17)7-2)12-20-15(18)13(4)5/h7H,2,4,6,8-12H2,1,3,5H3. The van der Waals surface area contributed by atoms with Crippen LogP contribution in [-0.2, 0) is 19.1 Å². The minimum absolute atomic E-state index is 0.234. The van der Waals surface area contributed by atoms with Crippen molar-refractivity contribution in [3.63, 3.8) is 0 Å². The molecule has 0 rings (SSSR count). The van der Waals surface area contributed by atoms with Gasteiger partial charge in [0.1, 0.15) is 13.2 Å². The fourth-order valence-electron chi connectivity index (χ4n) is 1.74. The van der Waals surface area contributed by atoms with Crippen LogP contribution in [0, 0.1) is 5.41 Å². The molecule has 0 bridgehead atoms. The molecule has 0 aromatic rings. The number of ether oxygens (including phenoxy) is 2. The van der Waals surface area contributed by atoms with Crippen molar-refractivity contribution in [3.8, 4) is 0 Å². The Bertz CT molecular complexity index is 359. The third-order valence-corrected chi connectivity index (χ3v) is 3.36. The molecular weight excluding hydrogens is 256 g/mol. The van der Waals surface area contributed by atoms with E-state index in [-0.39, 0.29) is 18.6 Å². The molecule has 0 aliphatic heterocycles. The van der Waals surface area contributed by atoms with Crippen LogP contribution < -0.4 is 0 Å². The van der Waals surface area contributed by atoms with Crippen molar-refractivity contribution in [3.05, 3.63) is 24.8 Å². The fourth-order valence-corrected chi connectivity index (χ4v) is 1.74. The number of rotatable bonds is 10. The van der Waals surface area contributed by atoms with Crippen molar-refractivity contribution in [2.45, 2.75) is 46.5 Å². The molecule has 4 nitrogen and oxygen atoms in total. The Kier molecular flexibility index (Phi) is 8.61. The van der Waals surface area contributed by atoms with Gasteiger partial charge in [0.2, 0.25) is 0 Å². The van der Waals surface area contributed by atoms with Crippen LogP contribution in [0.25, 0.3) is 0 Å². The summed E-state index contributed by atoms with van der Waals surface area (Å²) in [4.78, 5) is 22.8. The number of esters is 2. The molecule has 0 aliphatic rings. The summed E-state index contributed by atoms with van der Waals surface area (Å²) in [6, 6.07) is 0. The van der Waals surface area contributed by atoms with Crippen LogP contribution in [0.1, 0.15) is 46.5 Å². The van der Waals surface area contributed by atoms with Gasteiger partial charge < -0.3 is 9.47 Å². The van der Waals surface area contributed by atoms with Crippen molar-refractivity contribution < 1.29 is 19.1 Å². The molecule has 0 spiro atoms. The molecular formula is C16H26O4. The summed E-state index contributed by atoms with van der Waals surface area (Å²) in [5.41, 5.74) is 0.0355. The summed E-state index contributed by atoms with van der Waals surface area (Å²) in [7, 11) is 0. The van der Waals surface area contributed by atoms with Gasteiger partial charge in [0.15, 0.2) is 0 Å². The second-order valence-corrected chi connectivity index (χ2v) is 5.13. The smallest absolute Gasteiger partial charge is 0.333 e. The Morgan fingerprint density at radius 1 is 1.20 bits per heavy atom. The van der Waals surface area contributed by atoms with Gasteiger partial charge in [-0.05, 0) is 19.8 Å². The van der Waals surface area contributed by atoms with Crippen molar-refractivity contribution in [1.82, 2.24) is 0 Å². The number of hydrogen-bond donors (Lipinski definition) is 0. The van der Waals surface area contributed by atoms with Gasteiger partial charge in [0, 0.05) is 17.1 Å². The molecule has 0 saturated carbocycles. The number of carbonyl (C=O) groups excluding carboxylic acids is 2. The van der Waals surface area contributed by atoms with Gasteiger partial charge in [-0.3, -0.25) is 0 Å². The fraction of sp³-hybridized carbons (Fsp3) is 0.625. The second-order valence-electron chi connectivity index (χ2n) is 5.13. The molecule has 20 heavy (non-hydrogen) atoms. The first kappa shape index (κ1) is 18.4. The molecule has 0 fully saturated rings. The monoisotopic (exact) mass is 282 g/mol. The van der Waals surface area contributed by atoms with E-state index in [9.17, 15) is 9.59 Å². The Hall–Kier alpha value is -1.58. The van der Waals surface area contributed by atoms with Crippen LogP contribution >= 0.6 is 0 Å². The van der Waals surface area contributed by atoms with E-state index in [1.807, 2.05) is 6.92 Å². The van der Waals surface area contributed by atoms with Gasteiger partial charge in [-0.15, -0.1) is 0 Å². The molecule has 0 radical (unpaired) electrons. The molecule has 114 valence electrons. The van der Waals surface area contributed by atoms with Gasteiger partial charge in [0.25, 0.3) is 0 Å². The van der Waals surface area contributed by atoms with Crippen molar-refractivity contribution >= 4 is 11.9 Å². The zero-order valence-electron chi connectivity index (χ0n) is 12.9. The quantitative estimate of drug-likeness (QED) is 0.455. The first-order valence-corrected chi connectivity index (χ1v) is 7.02. The lowest BCUT2D eigenvalue weighted by atomic mass is 9.81. The molecule has 4 heteroatoms. The highest BCUT2D eigenvalue weighted by Gasteiger charge is 2.31. The molecule has 0 aromatic carbocycles. The number of unbranched alkanes of at least 4 members (excludes halogenated alkanes) is 1. The summed E-state index contributed by atoms with van der Waals surface area (Å²) in [5, 5.41) is 0. The molecule has 0 aromatic heterocycles. The Labute approximate surface area is 121 Å². The summed E-state index contributed by atoms with van der Waals surface area (Å²) in [6.07, 6.45) is 4.77. The molecule has 0 N–H and O–H groups in total. The molecule has 1 atom stereocenters. The number of carbonyl (C=O) groups is 2. The van der Waals surface area contributed by atoms with Crippen molar-refractivity contribution in [2.75, 3.05) is 13.2 Å². The second kappa shape index (κ2) is 9.34. The summed E-state index contributed by atoms with van der Waals surface area (Å²) in [6.45, 7) is 13.1. The largest absolute Gasteiger partial charge is 0.462 e. The Balaban J connectivity index is 4.72. The molecule has 0 heterocycles. The van der Waals surface area contributed by atoms with E-state index >= 15 is 0 Å². The maximum atomic E-state index is 11.5. The van der Waals surface area contributed by atoms with Crippen LogP contribution in [0.15, 0.2) is 24.8 Å². The zero-order valence-corrected chi connectivity index (χ0v) is 12.9. The third-order valence-electron chi connectivity index (χ3n) is 3.36. The van der Waals surface area contributed by atoms with E-state index in [0.717, 1.165) is 31.8 Å². The van der Waals surface area contributed by atoms with E-state index in [1.54, 1.807) is 6.92 Å². The number of hydrogen-bond acceptors (Lipinski definition) is 4.